The summed E-state index contributed by atoms with van der Waals surface area (Å²) in [4.78, 5) is 46.6. The molecule has 2 rings (SSSR count). The molecule has 29 heavy (non-hydrogen) atoms. The number of carbonyl (C=O) groups is 4. The van der Waals surface area contributed by atoms with Crippen LogP contribution in [0.25, 0.3) is 0 Å². The van der Waals surface area contributed by atoms with Gasteiger partial charge < -0.3 is 15.4 Å². The zero-order valence-electron chi connectivity index (χ0n) is 15.9. The number of benzene rings is 2. The van der Waals surface area contributed by atoms with Gasteiger partial charge in [-0.05, 0) is 49.7 Å². The second-order valence-electron chi connectivity index (χ2n) is 6.22. The Labute approximate surface area is 173 Å². The second kappa shape index (κ2) is 11.0. The van der Waals surface area contributed by atoms with Crippen LogP contribution in [-0.4, -0.2) is 30.2 Å². The van der Waals surface area contributed by atoms with Gasteiger partial charge >= 0.3 is 5.97 Å². The number of carbonyl (C=O) groups excluding carboxylic acids is 4. The SMILES string of the molecule is CC(=O)c1ccc(NC(=O)CCCC(=O)OCC(=O)Nc2ccccc2Cl)cc1. The average Bonchev–Trinajstić information content (AvgIpc) is 2.68. The first-order chi connectivity index (χ1) is 13.8. The van der Waals surface area contributed by atoms with Crippen LogP contribution >= 0.6 is 11.6 Å². The minimum atomic E-state index is -0.571. The first-order valence-electron chi connectivity index (χ1n) is 8.96. The van der Waals surface area contributed by atoms with E-state index in [1.165, 1.54) is 6.92 Å². The van der Waals surface area contributed by atoms with Gasteiger partial charge in [-0.1, -0.05) is 23.7 Å². The summed E-state index contributed by atoms with van der Waals surface area (Å²) < 4.78 is 4.89. The molecule has 0 bridgehead atoms. The summed E-state index contributed by atoms with van der Waals surface area (Å²) >= 11 is 5.93. The number of halogens is 1. The molecular formula is C21H21ClN2O5. The Kier molecular flexibility index (Phi) is 8.36. The lowest BCUT2D eigenvalue weighted by Gasteiger charge is -2.08. The topological polar surface area (TPSA) is 102 Å². The van der Waals surface area contributed by atoms with Crippen molar-refractivity contribution in [1.82, 2.24) is 0 Å². The van der Waals surface area contributed by atoms with E-state index in [2.05, 4.69) is 10.6 Å². The van der Waals surface area contributed by atoms with E-state index in [1.807, 2.05) is 0 Å². The number of hydrogen-bond donors (Lipinski definition) is 2. The molecule has 0 radical (unpaired) electrons. The van der Waals surface area contributed by atoms with Gasteiger partial charge in [-0.3, -0.25) is 19.2 Å². The maximum atomic E-state index is 11.9. The molecule has 0 heterocycles. The fourth-order valence-electron chi connectivity index (χ4n) is 2.37. The number of Topliss-reactive ketones (excluding diaryl/α,β-unsaturated/α-hetero) is 1. The van der Waals surface area contributed by atoms with Crippen molar-refractivity contribution >= 4 is 46.5 Å². The van der Waals surface area contributed by atoms with Crippen molar-refractivity contribution in [3.05, 3.63) is 59.1 Å². The number of ether oxygens (including phenoxy) is 1. The highest BCUT2D eigenvalue weighted by Gasteiger charge is 2.11. The molecule has 2 N–H and O–H groups in total. The van der Waals surface area contributed by atoms with Crippen LogP contribution in [-0.2, 0) is 19.1 Å². The minimum Gasteiger partial charge on any atom is -0.456 e. The summed E-state index contributed by atoms with van der Waals surface area (Å²) in [5.74, 6) is -1.39. The molecule has 0 aliphatic carbocycles. The number of esters is 1. The smallest absolute Gasteiger partial charge is 0.306 e. The van der Waals surface area contributed by atoms with Gasteiger partial charge in [-0.25, -0.2) is 0 Å². The zero-order chi connectivity index (χ0) is 21.2. The third-order valence-electron chi connectivity index (χ3n) is 3.87. The Morgan fingerprint density at radius 1 is 0.897 bits per heavy atom. The number of ketones is 1. The van der Waals surface area contributed by atoms with E-state index >= 15 is 0 Å². The molecule has 2 aromatic rings. The number of amides is 2. The van der Waals surface area contributed by atoms with Crippen molar-refractivity contribution in [2.75, 3.05) is 17.2 Å². The van der Waals surface area contributed by atoms with Crippen molar-refractivity contribution < 1.29 is 23.9 Å². The van der Waals surface area contributed by atoms with E-state index in [1.54, 1.807) is 48.5 Å². The lowest BCUT2D eigenvalue weighted by atomic mass is 10.1. The first-order valence-corrected chi connectivity index (χ1v) is 9.34. The summed E-state index contributed by atoms with van der Waals surface area (Å²) in [6.45, 7) is 1.03. The predicted octanol–water partition coefficient (Wildman–Crippen LogP) is 3.83. The third-order valence-corrected chi connectivity index (χ3v) is 4.20. The van der Waals surface area contributed by atoms with Gasteiger partial charge in [0.15, 0.2) is 12.4 Å². The molecule has 152 valence electrons. The van der Waals surface area contributed by atoms with Crippen molar-refractivity contribution in [2.24, 2.45) is 0 Å². The zero-order valence-corrected chi connectivity index (χ0v) is 16.6. The molecule has 0 spiro atoms. The van der Waals surface area contributed by atoms with E-state index in [9.17, 15) is 19.2 Å². The van der Waals surface area contributed by atoms with E-state index in [-0.39, 0.29) is 31.0 Å². The highest BCUT2D eigenvalue weighted by molar-refractivity contribution is 6.33. The van der Waals surface area contributed by atoms with E-state index < -0.39 is 18.5 Å². The van der Waals surface area contributed by atoms with Gasteiger partial charge in [0.25, 0.3) is 5.91 Å². The van der Waals surface area contributed by atoms with Crippen LogP contribution in [0.4, 0.5) is 11.4 Å². The molecule has 8 heteroatoms. The summed E-state index contributed by atoms with van der Waals surface area (Å²) in [5, 5.41) is 5.61. The molecule has 7 nitrogen and oxygen atoms in total. The Balaban J connectivity index is 1.64. The molecule has 0 atom stereocenters. The van der Waals surface area contributed by atoms with Crippen molar-refractivity contribution in [3.63, 3.8) is 0 Å². The van der Waals surface area contributed by atoms with E-state index in [4.69, 9.17) is 16.3 Å². The van der Waals surface area contributed by atoms with Crippen molar-refractivity contribution in [3.8, 4) is 0 Å². The van der Waals surface area contributed by atoms with Gasteiger partial charge in [0.2, 0.25) is 5.91 Å². The third kappa shape index (κ3) is 7.75. The van der Waals surface area contributed by atoms with Crippen LogP contribution in [0.2, 0.25) is 5.02 Å². The Bertz CT molecular complexity index is 896. The quantitative estimate of drug-likeness (QED) is 0.477. The van der Waals surface area contributed by atoms with Crippen molar-refractivity contribution in [1.29, 1.82) is 0 Å². The van der Waals surface area contributed by atoms with Crippen LogP contribution in [0.1, 0.15) is 36.5 Å². The van der Waals surface area contributed by atoms with Gasteiger partial charge in [-0.15, -0.1) is 0 Å². The molecule has 2 amide bonds. The number of para-hydroxylation sites is 1. The van der Waals surface area contributed by atoms with Gasteiger partial charge in [0.1, 0.15) is 0 Å². The predicted molar refractivity (Wildman–Crippen MR) is 110 cm³/mol. The monoisotopic (exact) mass is 416 g/mol. The molecule has 0 saturated heterocycles. The highest BCUT2D eigenvalue weighted by atomic mass is 35.5. The Morgan fingerprint density at radius 3 is 2.24 bits per heavy atom. The summed E-state index contributed by atoms with van der Waals surface area (Å²) in [5.41, 5.74) is 1.56. The maximum absolute atomic E-state index is 11.9. The normalized spacial score (nSPS) is 10.1. The lowest BCUT2D eigenvalue weighted by Crippen LogP contribution is -2.21. The molecule has 0 aliphatic rings. The number of anilines is 2. The van der Waals surface area contributed by atoms with Crippen LogP contribution in [0, 0.1) is 0 Å². The molecule has 0 saturated carbocycles. The molecule has 0 aliphatic heterocycles. The minimum absolute atomic E-state index is 0.00999. The first kappa shape index (κ1) is 22.1. The van der Waals surface area contributed by atoms with Crippen molar-refractivity contribution in [2.45, 2.75) is 26.2 Å². The molecule has 0 fully saturated rings. The van der Waals surface area contributed by atoms with Crippen LogP contribution < -0.4 is 10.6 Å². The largest absolute Gasteiger partial charge is 0.456 e. The average molecular weight is 417 g/mol. The van der Waals surface area contributed by atoms with Gasteiger partial charge in [0, 0.05) is 24.1 Å². The maximum Gasteiger partial charge on any atom is 0.306 e. The van der Waals surface area contributed by atoms with Crippen LogP contribution in [0.3, 0.4) is 0 Å². The van der Waals surface area contributed by atoms with E-state index in [0.717, 1.165) is 0 Å². The lowest BCUT2D eigenvalue weighted by molar-refractivity contribution is -0.147. The van der Waals surface area contributed by atoms with E-state index in [0.29, 0.717) is 22.0 Å². The number of rotatable bonds is 9. The summed E-state index contributed by atoms with van der Waals surface area (Å²) in [6.07, 6.45) is 0.410. The number of hydrogen-bond acceptors (Lipinski definition) is 5. The summed E-state index contributed by atoms with van der Waals surface area (Å²) in [7, 11) is 0. The van der Waals surface area contributed by atoms with Crippen LogP contribution in [0.15, 0.2) is 48.5 Å². The standard InChI is InChI=1S/C21H21ClN2O5/c1-14(25)15-9-11-16(12-10-15)23-19(26)7-4-8-21(28)29-13-20(27)24-18-6-3-2-5-17(18)22/h2-3,5-6,9-12H,4,7-8,13H2,1H3,(H,23,26)(H,24,27). The second-order valence-corrected chi connectivity index (χ2v) is 6.63. The molecular weight excluding hydrogens is 396 g/mol. The Morgan fingerprint density at radius 2 is 1.59 bits per heavy atom. The fraction of sp³-hybridized carbons (Fsp3) is 0.238. The molecule has 0 aromatic heterocycles. The summed E-state index contributed by atoms with van der Waals surface area (Å²) in [6, 6.07) is 13.2. The van der Waals surface area contributed by atoms with Gasteiger partial charge in [0.05, 0.1) is 10.7 Å². The fourth-order valence-corrected chi connectivity index (χ4v) is 2.56. The molecule has 0 unspecified atom stereocenters. The van der Waals surface area contributed by atoms with Crippen LogP contribution in [0.5, 0.6) is 0 Å². The molecule has 2 aromatic carbocycles. The highest BCUT2D eigenvalue weighted by Crippen LogP contribution is 2.20. The number of nitrogens with one attached hydrogen (secondary N) is 2. The Hall–Kier alpha value is -3.19. The van der Waals surface area contributed by atoms with Gasteiger partial charge in [-0.2, -0.15) is 0 Å².